The van der Waals surface area contributed by atoms with Crippen LogP contribution in [0.4, 0.5) is 10.5 Å². The fraction of sp³-hybridized carbons (Fsp3) is 0.174. The van der Waals surface area contributed by atoms with E-state index in [1.807, 2.05) is 19.1 Å². The quantitative estimate of drug-likeness (QED) is 0.388. The molecular weight excluding hydrogens is 398 g/mol. The van der Waals surface area contributed by atoms with E-state index >= 15 is 0 Å². The summed E-state index contributed by atoms with van der Waals surface area (Å²) in [6.07, 6.45) is 3.13. The van der Waals surface area contributed by atoms with Gasteiger partial charge in [0.05, 0.1) is 7.11 Å². The van der Waals surface area contributed by atoms with E-state index in [1.54, 1.807) is 36.4 Å². The average molecular weight is 421 g/mol. The van der Waals surface area contributed by atoms with Crippen molar-refractivity contribution in [3.8, 4) is 11.5 Å². The lowest BCUT2D eigenvalue weighted by Crippen LogP contribution is -2.38. The van der Waals surface area contributed by atoms with Crippen LogP contribution >= 0.6 is 0 Å². The number of amides is 4. The number of aryl methyl sites for hydroxylation is 1. The van der Waals surface area contributed by atoms with Crippen molar-refractivity contribution in [3.63, 3.8) is 0 Å². The van der Waals surface area contributed by atoms with Crippen LogP contribution < -0.4 is 20.1 Å². The summed E-state index contributed by atoms with van der Waals surface area (Å²) < 4.78 is 10.8. The zero-order chi connectivity index (χ0) is 22.4. The predicted octanol–water partition coefficient (Wildman–Crippen LogP) is 3.10. The van der Waals surface area contributed by atoms with Gasteiger partial charge in [-0.2, -0.15) is 0 Å². The van der Waals surface area contributed by atoms with Crippen LogP contribution in [0.2, 0.25) is 0 Å². The lowest BCUT2D eigenvalue weighted by atomic mass is 10.1. The van der Waals surface area contributed by atoms with Gasteiger partial charge in [-0.25, -0.2) is 9.69 Å². The number of hydrogen-bond acceptors (Lipinski definition) is 5. The van der Waals surface area contributed by atoms with Crippen LogP contribution in [0.5, 0.6) is 11.5 Å². The third-order valence-electron chi connectivity index (χ3n) is 4.45. The molecule has 1 fully saturated rings. The number of nitrogens with one attached hydrogen (secondary N) is 2. The number of anilines is 1. The summed E-state index contributed by atoms with van der Waals surface area (Å²) in [5, 5.41) is 5.17. The Labute approximate surface area is 180 Å². The first-order chi connectivity index (χ1) is 14.9. The number of carbonyl (C=O) groups is 3. The second-order valence-electron chi connectivity index (χ2n) is 6.80. The van der Waals surface area contributed by atoms with Crippen molar-refractivity contribution in [3.05, 3.63) is 71.9 Å². The van der Waals surface area contributed by atoms with Crippen LogP contribution in [0.25, 0.3) is 6.08 Å². The number of carbonyl (C=O) groups excluding carboxylic acids is 3. The lowest BCUT2D eigenvalue weighted by molar-refractivity contribution is -0.127. The number of urea groups is 1. The van der Waals surface area contributed by atoms with E-state index in [2.05, 4.69) is 17.2 Å². The summed E-state index contributed by atoms with van der Waals surface area (Å²) >= 11 is 0. The Hall–Kier alpha value is -4.07. The van der Waals surface area contributed by atoms with Crippen molar-refractivity contribution < 1.29 is 23.9 Å². The second-order valence-corrected chi connectivity index (χ2v) is 6.80. The molecule has 4 amide bonds. The first kappa shape index (κ1) is 21.6. The molecule has 160 valence electrons. The van der Waals surface area contributed by atoms with Gasteiger partial charge in [0.1, 0.15) is 18.8 Å². The standard InChI is InChI=1S/C23H23N3O5/c1-4-11-31-19-10-7-16(13-20(19)30-3)12-18-22(28)26(23(29)25-18)14-21(27)24-17-8-5-15(2)6-9-17/h4-10,12-13H,1,11,14H2,2-3H3,(H,24,27)(H,25,29). The molecule has 0 spiro atoms. The molecule has 0 saturated carbocycles. The molecule has 2 aromatic carbocycles. The van der Waals surface area contributed by atoms with Gasteiger partial charge < -0.3 is 20.1 Å². The molecule has 1 aliphatic heterocycles. The number of ether oxygens (including phenoxy) is 2. The van der Waals surface area contributed by atoms with E-state index in [4.69, 9.17) is 9.47 Å². The second kappa shape index (κ2) is 9.62. The third kappa shape index (κ3) is 5.30. The molecule has 0 atom stereocenters. The minimum Gasteiger partial charge on any atom is -0.493 e. The van der Waals surface area contributed by atoms with Crippen molar-refractivity contribution in [2.75, 3.05) is 25.6 Å². The Morgan fingerprint density at radius 3 is 2.58 bits per heavy atom. The summed E-state index contributed by atoms with van der Waals surface area (Å²) in [5.41, 5.74) is 2.33. The highest BCUT2D eigenvalue weighted by molar-refractivity contribution is 6.15. The average Bonchev–Trinajstić information content (AvgIpc) is 3.01. The highest BCUT2D eigenvalue weighted by atomic mass is 16.5. The Morgan fingerprint density at radius 1 is 1.16 bits per heavy atom. The van der Waals surface area contributed by atoms with E-state index in [1.165, 1.54) is 13.2 Å². The molecule has 31 heavy (non-hydrogen) atoms. The molecule has 1 heterocycles. The molecule has 8 nitrogen and oxygen atoms in total. The molecule has 0 bridgehead atoms. The zero-order valence-electron chi connectivity index (χ0n) is 17.3. The highest BCUT2D eigenvalue weighted by Crippen LogP contribution is 2.29. The molecule has 0 aliphatic carbocycles. The van der Waals surface area contributed by atoms with Crippen LogP contribution in [0.3, 0.4) is 0 Å². The molecule has 2 aromatic rings. The van der Waals surface area contributed by atoms with E-state index in [-0.39, 0.29) is 5.70 Å². The number of benzene rings is 2. The first-order valence-electron chi connectivity index (χ1n) is 9.54. The zero-order valence-corrected chi connectivity index (χ0v) is 17.3. The van der Waals surface area contributed by atoms with Crippen LogP contribution in [0.15, 0.2) is 60.8 Å². The van der Waals surface area contributed by atoms with Gasteiger partial charge in [-0.15, -0.1) is 0 Å². The number of hydrogen-bond donors (Lipinski definition) is 2. The highest BCUT2D eigenvalue weighted by Gasteiger charge is 2.34. The maximum atomic E-state index is 12.6. The third-order valence-corrected chi connectivity index (χ3v) is 4.45. The molecular formula is C23H23N3O5. The van der Waals surface area contributed by atoms with Crippen molar-refractivity contribution in [1.29, 1.82) is 0 Å². The monoisotopic (exact) mass is 421 g/mol. The van der Waals surface area contributed by atoms with Crippen LogP contribution in [0, 0.1) is 6.92 Å². The van der Waals surface area contributed by atoms with E-state index in [0.717, 1.165) is 10.5 Å². The van der Waals surface area contributed by atoms with Crippen LogP contribution in [-0.4, -0.2) is 43.0 Å². The Morgan fingerprint density at radius 2 is 1.90 bits per heavy atom. The fourth-order valence-electron chi connectivity index (χ4n) is 2.90. The number of rotatable bonds is 8. The topological polar surface area (TPSA) is 97.0 Å². The fourth-order valence-corrected chi connectivity index (χ4v) is 2.90. The van der Waals surface area contributed by atoms with E-state index < -0.39 is 24.4 Å². The summed E-state index contributed by atoms with van der Waals surface area (Å²) in [6.45, 7) is 5.46. The molecule has 1 aliphatic rings. The van der Waals surface area contributed by atoms with Gasteiger partial charge in [0.15, 0.2) is 11.5 Å². The molecule has 3 rings (SSSR count). The first-order valence-corrected chi connectivity index (χ1v) is 9.54. The number of methoxy groups -OCH3 is 1. The SMILES string of the molecule is C=CCOc1ccc(C=C2NC(=O)N(CC(=O)Nc3ccc(C)cc3)C2=O)cc1OC. The van der Waals surface area contributed by atoms with Crippen molar-refractivity contribution in [1.82, 2.24) is 10.2 Å². The largest absolute Gasteiger partial charge is 0.493 e. The summed E-state index contributed by atoms with van der Waals surface area (Å²) in [4.78, 5) is 38.0. The molecule has 0 radical (unpaired) electrons. The maximum absolute atomic E-state index is 12.6. The van der Waals surface area contributed by atoms with Crippen LogP contribution in [-0.2, 0) is 9.59 Å². The van der Waals surface area contributed by atoms with Gasteiger partial charge in [-0.05, 0) is 42.8 Å². The Bertz CT molecular complexity index is 1040. The van der Waals surface area contributed by atoms with E-state index in [9.17, 15) is 14.4 Å². The van der Waals surface area contributed by atoms with Gasteiger partial charge in [-0.1, -0.05) is 36.4 Å². The predicted molar refractivity (Wildman–Crippen MR) is 117 cm³/mol. The van der Waals surface area contributed by atoms with Crippen molar-refractivity contribution >= 4 is 29.6 Å². The number of nitrogens with zero attached hydrogens (tertiary/aromatic N) is 1. The molecule has 2 N–H and O–H groups in total. The van der Waals surface area contributed by atoms with Crippen molar-refractivity contribution in [2.45, 2.75) is 6.92 Å². The minimum absolute atomic E-state index is 0.0648. The Kier molecular flexibility index (Phi) is 6.71. The van der Waals surface area contributed by atoms with Crippen molar-refractivity contribution in [2.24, 2.45) is 0 Å². The summed E-state index contributed by atoms with van der Waals surface area (Å²) in [6, 6.07) is 11.6. The van der Waals surface area contributed by atoms with Gasteiger partial charge in [-0.3, -0.25) is 9.59 Å². The normalized spacial score (nSPS) is 14.4. The van der Waals surface area contributed by atoms with Gasteiger partial charge in [0.2, 0.25) is 5.91 Å². The minimum atomic E-state index is -0.659. The van der Waals surface area contributed by atoms with Gasteiger partial charge >= 0.3 is 6.03 Å². The van der Waals surface area contributed by atoms with Crippen LogP contribution in [0.1, 0.15) is 11.1 Å². The smallest absolute Gasteiger partial charge is 0.329 e. The van der Waals surface area contributed by atoms with Gasteiger partial charge in [0, 0.05) is 5.69 Å². The molecule has 0 aromatic heterocycles. The molecule has 0 unspecified atom stereocenters. The summed E-state index contributed by atoms with van der Waals surface area (Å²) in [5.74, 6) is -0.0583. The number of imide groups is 1. The molecule has 1 saturated heterocycles. The van der Waals surface area contributed by atoms with Gasteiger partial charge in [0.25, 0.3) is 5.91 Å². The summed E-state index contributed by atoms with van der Waals surface area (Å²) in [7, 11) is 1.50. The van der Waals surface area contributed by atoms with E-state index in [0.29, 0.717) is 29.4 Å². The Balaban J connectivity index is 1.70. The molecule has 8 heteroatoms. The lowest BCUT2D eigenvalue weighted by Gasteiger charge is -2.12. The maximum Gasteiger partial charge on any atom is 0.329 e.